The van der Waals surface area contributed by atoms with Crippen LogP contribution in [0.25, 0.3) is 0 Å². The van der Waals surface area contributed by atoms with E-state index < -0.39 is 0 Å². The summed E-state index contributed by atoms with van der Waals surface area (Å²) in [5.74, 6) is 1.80. The molecule has 0 amide bonds. The molecule has 2 N–H and O–H groups in total. The van der Waals surface area contributed by atoms with Gasteiger partial charge in [0.05, 0.1) is 10.2 Å². The fourth-order valence-electron chi connectivity index (χ4n) is 2.70. The number of fused-ring (bicyclic) bond motifs is 1. The van der Waals surface area contributed by atoms with Crippen molar-refractivity contribution < 1.29 is 0 Å². The normalized spacial score (nSPS) is 18.1. The Morgan fingerprint density at radius 3 is 2.68 bits per heavy atom. The Hall–Kier alpha value is -1.42. The van der Waals surface area contributed by atoms with E-state index in [1.54, 1.807) is 0 Å². The van der Waals surface area contributed by atoms with Gasteiger partial charge in [0.1, 0.15) is 11.6 Å². The molecule has 19 heavy (non-hydrogen) atoms. The molecule has 0 saturated heterocycles. The number of nitrogens with zero attached hydrogens (tertiary/aromatic N) is 2. The predicted molar refractivity (Wildman–Crippen MR) is 80.1 cm³/mol. The average molecular weight is 318 g/mol. The van der Waals surface area contributed by atoms with Crippen molar-refractivity contribution in [1.29, 1.82) is 0 Å². The molecule has 1 aromatic heterocycles. The Balaban J connectivity index is 1.93. The van der Waals surface area contributed by atoms with E-state index >= 15 is 0 Å². The molecule has 0 aliphatic heterocycles. The molecule has 1 heterocycles. The van der Waals surface area contributed by atoms with E-state index in [-0.39, 0.29) is 0 Å². The van der Waals surface area contributed by atoms with Crippen LogP contribution >= 0.6 is 15.9 Å². The van der Waals surface area contributed by atoms with E-state index in [0.717, 1.165) is 35.3 Å². The maximum Gasteiger partial charge on any atom is 0.141 e. The number of halogens is 1. The lowest BCUT2D eigenvalue weighted by molar-refractivity contribution is 0.554. The van der Waals surface area contributed by atoms with Crippen LogP contribution < -0.4 is 5.73 Å². The quantitative estimate of drug-likeness (QED) is 0.877. The molecule has 1 aliphatic rings. The molecule has 0 radical (unpaired) electrons. The number of hydrogen-bond acceptors (Lipinski definition) is 3. The first-order chi connectivity index (χ1) is 9.15. The van der Waals surface area contributed by atoms with Gasteiger partial charge in [0, 0.05) is 5.92 Å². The first-order valence-corrected chi connectivity index (χ1v) is 7.30. The van der Waals surface area contributed by atoms with Crippen molar-refractivity contribution in [2.24, 2.45) is 0 Å². The summed E-state index contributed by atoms with van der Waals surface area (Å²) in [4.78, 5) is 9.04. The third kappa shape index (κ3) is 2.37. The lowest BCUT2D eigenvalue weighted by Crippen LogP contribution is -2.16. The van der Waals surface area contributed by atoms with Crippen LogP contribution in [0.15, 0.2) is 28.7 Å². The van der Waals surface area contributed by atoms with E-state index in [1.165, 1.54) is 11.1 Å². The van der Waals surface area contributed by atoms with Gasteiger partial charge in [0.2, 0.25) is 0 Å². The summed E-state index contributed by atoms with van der Waals surface area (Å²) in [5, 5.41) is 0. The fraction of sp³-hybridized carbons (Fsp3) is 0.333. The summed E-state index contributed by atoms with van der Waals surface area (Å²) < 4.78 is 0.812. The van der Waals surface area contributed by atoms with Crippen LogP contribution in [0, 0.1) is 6.92 Å². The minimum absolute atomic E-state index is 0.379. The summed E-state index contributed by atoms with van der Waals surface area (Å²) in [6.07, 6.45) is 3.20. The number of hydrogen-bond donors (Lipinski definition) is 1. The molecule has 4 heteroatoms. The van der Waals surface area contributed by atoms with Gasteiger partial charge in [-0.2, -0.15) is 0 Å². The number of aromatic nitrogens is 2. The Labute approximate surface area is 121 Å². The molecule has 3 nitrogen and oxygen atoms in total. The van der Waals surface area contributed by atoms with Crippen molar-refractivity contribution in [2.75, 3.05) is 5.73 Å². The van der Waals surface area contributed by atoms with Gasteiger partial charge >= 0.3 is 0 Å². The van der Waals surface area contributed by atoms with Crippen molar-refractivity contribution >= 4 is 21.7 Å². The lowest BCUT2D eigenvalue weighted by atomic mass is 9.83. The van der Waals surface area contributed by atoms with Gasteiger partial charge < -0.3 is 5.73 Å². The van der Waals surface area contributed by atoms with Gasteiger partial charge in [-0.05, 0) is 53.2 Å². The zero-order chi connectivity index (χ0) is 13.4. The van der Waals surface area contributed by atoms with Gasteiger partial charge in [-0.25, -0.2) is 9.97 Å². The Bertz CT molecular complexity index is 602. The van der Waals surface area contributed by atoms with Gasteiger partial charge in [0.25, 0.3) is 0 Å². The van der Waals surface area contributed by atoms with Gasteiger partial charge in [-0.1, -0.05) is 24.3 Å². The standard InChI is InChI=1S/C15H16BrN3/c1-9-13(16)14(17)19-15(18-9)12-7-6-10-4-2-3-5-11(10)8-12/h2-5,12H,6-8H2,1H3,(H2,17,18,19). The van der Waals surface area contributed by atoms with E-state index in [4.69, 9.17) is 5.73 Å². The van der Waals surface area contributed by atoms with Gasteiger partial charge in [-0.15, -0.1) is 0 Å². The molecule has 2 aromatic rings. The largest absolute Gasteiger partial charge is 0.383 e. The highest BCUT2D eigenvalue weighted by Crippen LogP contribution is 2.32. The molecular weight excluding hydrogens is 302 g/mol. The predicted octanol–water partition coefficient (Wildman–Crippen LogP) is 3.40. The van der Waals surface area contributed by atoms with Crippen LogP contribution in [0.5, 0.6) is 0 Å². The Morgan fingerprint density at radius 2 is 1.95 bits per heavy atom. The summed E-state index contributed by atoms with van der Waals surface area (Å²) >= 11 is 3.41. The summed E-state index contributed by atoms with van der Waals surface area (Å²) in [6.45, 7) is 1.96. The van der Waals surface area contributed by atoms with Crippen molar-refractivity contribution in [3.05, 3.63) is 51.4 Å². The van der Waals surface area contributed by atoms with Crippen molar-refractivity contribution in [1.82, 2.24) is 9.97 Å². The zero-order valence-corrected chi connectivity index (χ0v) is 12.4. The molecule has 0 spiro atoms. The molecule has 1 aromatic carbocycles. The number of nitrogens with two attached hydrogens (primary N) is 1. The molecule has 1 unspecified atom stereocenters. The van der Waals surface area contributed by atoms with Crippen molar-refractivity contribution in [3.8, 4) is 0 Å². The molecule has 98 valence electrons. The number of aryl methyl sites for hydroxylation is 2. The van der Waals surface area contributed by atoms with Crippen LogP contribution in [-0.2, 0) is 12.8 Å². The second-order valence-corrected chi connectivity index (χ2v) is 5.87. The van der Waals surface area contributed by atoms with Crippen LogP contribution in [0.3, 0.4) is 0 Å². The molecular formula is C15H16BrN3. The maximum atomic E-state index is 5.92. The second-order valence-electron chi connectivity index (χ2n) is 5.07. The van der Waals surface area contributed by atoms with Crippen LogP contribution in [0.1, 0.15) is 35.0 Å². The maximum absolute atomic E-state index is 5.92. The molecule has 1 aliphatic carbocycles. The zero-order valence-electron chi connectivity index (χ0n) is 10.9. The highest BCUT2D eigenvalue weighted by Gasteiger charge is 2.23. The molecule has 0 bridgehead atoms. The van der Waals surface area contributed by atoms with Gasteiger partial charge in [0.15, 0.2) is 0 Å². The Kier molecular flexibility index (Phi) is 3.27. The third-order valence-corrected chi connectivity index (χ3v) is 4.75. The smallest absolute Gasteiger partial charge is 0.141 e. The SMILES string of the molecule is Cc1nc(C2CCc3ccccc3C2)nc(N)c1Br. The number of rotatable bonds is 1. The van der Waals surface area contributed by atoms with E-state index in [9.17, 15) is 0 Å². The highest BCUT2D eigenvalue weighted by atomic mass is 79.9. The minimum Gasteiger partial charge on any atom is -0.383 e. The monoisotopic (exact) mass is 317 g/mol. The van der Waals surface area contributed by atoms with Crippen LogP contribution in [0.2, 0.25) is 0 Å². The van der Waals surface area contributed by atoms with Crippen molar-refractivity contribution in [2.45, 2.75) is 32.1 Å². The molecule has 0 saturated carbocycles. The topological polar surface area (TPSA) is 51.8 Å². The van der Waals surface area contributed by atoms with Gasteiger partial charge in [-0.3, -0.25) is 0 Å². The van der Waals surface area contributed by atoms with Crippen molar-refractivity contribution in [3.63, 3.8) is 0 Å². The molecule has 3 rings (SSSR count). The summed E-state index contributed by atoms with van der Waals surface area (Å²) in [6, 6.07) is 8.63. The van der Waals surface area contributed by atoms with E-state index in [0.29, 0.717) is 11.7 Å². The molecule has 0 fully saturated rings. The Morgan fingerprint density at radius 1 is 1.21 bits per heavy atom. The first-order valence-electron chi connectivity index (χ1n) is 6.51. The molecule has 1 atom stereocenters. The lowest BCUT2D eigenvalue weighted by Gasteiger charge is -2.24. The van der Waals surface area contributed by atoms with Crippen LogP contribution in [-0.4, -0.2) is 9.97 Å². The highest BCUT2D eigenvalue weighted by molar-refractivity contribution is 9.10. The summed E-state index contributed by atoms with van der Waals surface area (Å²) in [7, 11) is 0. The fourth-order valence-corrected chi connectivity index (χ4v) is 2.88. The van der Waals surface area contributed by atoms with E-state index in [1.807, 2.05) is 6.92 Å². The number of benzene rings is 1. The number of nitrogen functional groups attached to an aromatic ring is 1. The van der Waals surface area contributed by atoms with Crippen LogP contribution in [0.4, 0.5) is 5.82 Å². The average Bonchev–Trinajstić information content (AvgIpc) is 2.43. The number of anilines is 1. The van der Waals surface area contributed by atoms with E-state index in [2.05, 4.69) is 50.2 Å². The first kappa shape index (κ1) is 12.6. The minimum atomic E-state index is 0.379. The third-order valence-electron chi connectivity index (χ3n) is 3.77. The summed E-state index contributed by atoms with van der Waals surface area (Å²) in [5.41, 5.74) is 9.72. The second kappa shape index (κ2) is 4.93.